The van der Waals surface area contributed by atoms with Gasteiger partial charge in [-0.15, -0.1) is 11.3 Å². The first-order valence-electron chi connectivity index (χ1n) is 11.9. The molecule has 3 aromatic heterocycles. The van der Waals surface area contributed by atoms with Gasteiger partial charge in [0, 0.05) is 32.7 Å². The standard InChI is InChI=1S/C32H20N2S/c1-2-9-23(10-3-1)33-17-16-25-26-20-30-27(18-21(26)14-15-28(25)33)24-11-5-6-12-29(24)34(30)32-19-22-8-4-7-13-31(22)35-32/h1-20H. The zero-order valence-electron chi connectivity index (χ0n) is 18.8. The van der Waals surface area contributed by atoms with Crippen molar-refractivity contribution < 1.29 is 0 Å². The van der Waals surface area contributed by atoms with Gasteiger partial charge in [-0.2, -0.15) is 0 Å². The van der Waals surface area contributed by atoms with Crippen LogP contribution in [0.15, 0.2) is 121 Å². The van der Waals surface area contributed by atoms with Crippen molar-refractivity contribution in [3.63, 3.8) is 0 Å². The van der Waals surface area contributed by atoms with E-state index in [0.717, 1.165) is 0 Å². The summed E-state index contributed by atoms with van der Waals surface area (Å²) in [5.41, 5.74) is 4.92. The monoisotopic (exact) mass is 464 g/mol. The lowest BCUT2D eigenvalue weighted by Gasteiger charge is -2.08. The quantitative estimate of drug-likeness (QED) is 0.241. The van der Waals surface area contributed by atoms with Crippen LogP contribution in [0.4, 0.5) is 0 Å². The predicted molar refractivity (Wildman–Crippen MR) is 151 cm³/mol. The molecule has 0 atom stereocenters. The van der Waals surface area contributed by atoms with Gasteiger partial charge in [-0.1, -0.05) is 60.7 Å². The fourth-order valence-corrected chi connectivity index (χ4v) is 6.63. The van der Waals surface area contributed by atoms with Gasteiger partial charge < -0.3 is 9.13 Å². The lowest BCUT2D eigenvalue weighted by atomic mass is 10.0. The van der Waals surface area contributed by atoms with Crippen LogP contribution in [-0.4, -0.2) is 9.13 Å². The largest absolute Gasteiger partial charge is 0.317 e. The lowest BCUT2D eigenvalue weighted by molar-refractivity contribution is 1.13. The minimum Gasteiger partial charge on any atom is -0.317 e. The minimum atomic E-state index is 1.18. The van der Waals surface area contributed by atoms with Crippen molar-refractivity contribution in [3.05, 3.63) is 121 Å². The van der Waals surface area contributed by atoms with E-state index in [4.69, 9.17) is 0 Å². The Labute approximate surface area is 205 Å². The molecule has 3 heteroatoms. The zero-order chi connectivity index (χ0) is 22.9. The second-order valence-electron chi connectivity index (χ2n) is 9.09. The van der Waals surface area contributed by atoms with Crippen LogP contribution in [0.3, 0.4) is 0 Å². The van der Waals surface area contributed by atoms with E-state index in [-0.39, 0.29) is 0 Å². The number of fused-ring (bicyclic) bond motifs is 7. The molecule has 5 aromatic carbocycles. The number of para-hydroxylation sites is 2. The van der Waals surface area contributed by atoms with Crippen LogP contribution in [0.5, 0.6) is 0 Å². The molecule has 2 nitrogen and oxygen atoms in total. The summed E-state index contributed by atoms with van der Waals surface area (Å²) in [5.74, 6) is 0. The SMILES string of the molecule is c1ccc(-n2ccc3c4cc5c(cc4ccc32)c2ccccc2n5-c2cc3ccccc3s2)cc1. The smallest absolute Gasteiger partial charge is 0.101 e. The van der Waals surface area contributed by atoms with Gasteiger partial charge in [-0.25, -0.2) is 0 Å². The Morgan fingerprint density at radius 1 is 0.486 bits per heavy atom. The van der Waals surface area contributed by atoms with Crippen molar-refractivity contribution in [3.8, 4) is 10.7 Å². The summed E-state index contributed by atoms with van der Waals surface area (Å²) in [6.45, 7) is 0. The molecular weight excluding hydrogens is 444 g/mol. The summed E-state index contributed by atoms with van der Waals surface area (Å²) in [4.78, 5) is 0. The molecule has 0 fully saturated rings. The molecule has 35 heavy (non-hydrogen) atoms. The highest BCUT2D eigenvalue weighted by atomic mass is 32.1. The van der Waals surface area contributed by atoms with E-state index >= 15 is 0 Å². The highest BCUT2D eigenvalue weighted by molar-refractivity contribution is 7.21. The van der Waals surface area contributed by atoms with E-state index in [2.05, 4.69) is 131 Å². The van der Waals surface area contributed by atoms with Crippen LogP contribution in [0.1, 0.15) is 0 Å². The average Bonchev–Trinajstić information content (AvgIpc) is 3.61. The molecule has 0 saturated carbocycles. The third kappa shape index (κ3) is 2.70. The highest BCUT2D eigenvalue weighted by Gasteiger charge is 2.16. The second kappa shape index (κ2) is 7.08. The molecule has 3 heterocycles. The molecule has 8 rings (SSSR count). The van der Waals surface area contributed by atoms with E-state index in [1.165, 1.54) is 64.3 Å². The van der Waals surface area contributed by atoms with Gasteiger partial charge >= 0.3 is 0 Å². The van der Waals surface area contributed by atoms with Crippen LogP contribution < -0.4 is 0 Å². The van der Waals surface area contributed by atoms with E-state index in [9.17, 15) is 0 Å². The fraction of sp³-hybridized carbons (Fsp3) is 0. The van der Waals surface area contributed by atoms with Crippen LogP contribution in [-0.2, 0) is 0 Å². The van der Waals surface area contributed by atoms with Gasteiger partial charge in [0.05, 0.1) is 16.6 Å². The number of aromatic nitrogens is 2. The number of thiophene rings is 1. The normalized spacial score (nSPS) is 12.0. The molecule has 0 aliphatic heterocycles. The summed E-state index contributed by atoms with van der Waals surface area (Å²) >= 11 is 1.85. The second-order valence-corrected chi connectivity index (χ2v) is 10.1. The average molecular weight is 465 g/mol. The molecule has 0 aliphatic carbocycles. The molecule has 0 saturated heterocycles. The molecule has 8 aromatic rings. The Morgan fingerprint density at radius 2 is 1.29 bits per heavy atom. The van der Waals surface area contributed by atoms with Gasteiger partial charge in [0.25, 0.3) is 0 Å². The van der Waals surface area contributed by atoms with Gasteiger partial charge in [-0.05, 0) is 70.8 Å². The van der Waals surface area contributed by atoms with E-state index in [1.54, 1.807) is 0 Å². The van der Waals surface area contributed by atoms with Gasteiger partial charge in [-0.3, -0.25) is 0 Å². The first kappa shape index (κ1) is 19.0. The highest BCUT2D eigenvalue weighted by Crippen LogP contribution is 2.39. The number of hydrogen-bond acceptors (Lipinski definition) is 1. The predicted octanol–water partition coefficient (Wildman–Crippen LogP) is 9.10. The Bertz CT molecular complexity index is 2020. The maximum absolute atomic E-state index is 2.45. The van der Waals surface area contributed by atoms with Crippen molar-refractivity contribution in [2.45, 2.75) is 0 Å². The van der Waals surface area contributed by atoms with Crippen molar-refractivity contribution in [1.82, 2.24) is 9.13 Å². The van der Waals surface area contributed by atoms with Crippen molar-refractivity contribution in [1.29, 1.82) is 0 Å². The van der Waals surface area contributed by atoms with E-state index in [0.29, 0.717) is 0 Å². The van der Waals surface area contributed by atoms with E-state index < -0.39 is 0 Å². The third-order valence-corrected chi connectivity index (χ3v) is 8.25. The Morgan fingerprint density at radius 3 is 2.20 bits per heavy atom. The molecular formula is C32H20N2S. The molecule has 0 unspecified atom stereocenters. The molecule has 0 amide bonds. The van der Waals surface area contributed by atoms with E-state index in [1.807, 2.05) is 11.3 Å². The fourth-order valence-electron chi connectivity index (χ4n) is 5.54. The maximum Gasteiger partial charge on any atom is 0.101 e. The third-order valence-electron chi connectivity index (χ3n) is 7.15. The van der Waals surface area contributed by atoms with Crippen LogP contribution in [0.25, 0.3) is 64.3 Å². The zero-order valence-corrected chi connectivity index (χ0v) is 19.7. The van der Waals surface area contributed by atoms with Gasteiger partial charge in [0.1, 0.15) is 5.00 Å². The molecule has 0 aliphatic rings. The summed E-state index contributed by atoms with van der Waals surface area (Å²) in [5, 5.41) is 8.98. The van der Waals surface area contributed by atoms with Gasteiger partial charge in [0.2, 0.25) is 0 Å². The van der Waals surface area contributed by atoms with Crippen LogP contribution in [0, 0.1) is 0 Å². The Balaban J connectivity index is 1.48. The number of hydrogen-bond donors (Lipinski definition) is 0. The van der Waals surface area contributed by atoms with Crippen LogP contribution >= 0.6 is 11.3 Å². The van der Waals surface area contributed by atoms with Crippen LogP contribution in [0.2, 0.25) is 0 Å². The summed E-state index contributed by atoms with van der Waals surface area (Å²) in [6.07, 6.45) is 2.19. The maximum atomic E-state index is 2.45. The topological polar surface area (TPSA) is 9.86 Å². The minimum absolute atomic E-state index is 1.18. The first-order valence-corrected chi connectivity index (χ1v) is 12.7. The summed E-state index contributed by atoms with van der Waals surface area (Å²) < 4.78 is 6.04. The number of rotatable bonds is 2. The first-order chi connectivity index (χ1) is 17.3. The molecule has 0 spiro atoms. The summed E-state index contributed by atoms with van der Waals surface area (Å²) in [7, 11) is 0. The van der Waals surface area contributed by atoms with Crippen molar-refractivity contribution in [2.75, 3.05) is 0 Å². The van der Waals surface area contributed by atoms with Crippen molar-refractivity contribution in [2.24, 2.45) is 0 Å². The Kier molecular flexibility index (Phi) is 3.85. The lowest BCUT2D eigenvalue weighted by Crippen LogP contribution is -1.91. The van der Waals surface area contributed by atoms with Crippen molar-refractivity contribution >= 4 is 64.9 Å². The Hall–Kier alpha value is -4.34. The molecule has 0 radical (unpaired) electrons. The molecule has 0 bridgehead atoms. The summed E-state index contributed by atoms with van der Waals surface area (Å²) in [6, 6.07) is 41.9. The van der Waals surface area contributed by atoms with Gasteiger partial charge in [0.15, 0.2) is 0 Å². The number of nitrogens with zero attached hydrogens (tertiary/aromatic N) is 2. The molecule has 164 valence electrons. The molecule has 0 N–H and O–H groups in total. The number of benzene rings is 5.